The number of benzene rings is 2. The molecule has 0 aliphatic rings. The zero-order valence-electron chi connectivity index (χ0n) is 11.1. The molecule has 2 aromatic carbocycles. The Bertz CT molecular complexity index is 807. The van der Waals surface area contributed by atoms with Crippen LogP contribution in [0.15, 0.2) is 53.1 Å². The first-order valence-corrected chi connectivity index (χ1v) is 7.03. The predicted octanol–water partition coefficient (Wildman–Crippen LogP) is 4.94. The van der Waals surface area contributed by atoms with Crippen LogP contribution in [0.5, 0.6) is 17.4 Å². The van der Waals surface area contributed by atoms with Crippen LogP contribution in [-0.2, 0) is 0 Å². The summed E-state index contributed by atoms with van der Waals surface area (Å²) in [5.41, 5.74) is 0. The number of ether oxygens (including phenoxy) is 2. The lowest BCUT2D eigenvalue weighted by Crippen LogP contribution is -1.92. The second kappa shape index (κ2) is 5.69. The third-order valence-electron chi connectivity index (χ3n) is 3.05. The largest absolute Gasteiger partial charge is 0.496 e. The van der Waals surface area contributed by atoms with Crippen LogP contribution in [0.1, 0.15) is 0 Å². The molecule has 3 nitrogen and oxygen atoms in total. The van der Waals surface area contributed by atoms with Gasteiger partial charge in [0.2, 0.25) is 5.88 Å². The van der Waals surface area contributed by atoms with Crippen LogP contribution >= 0.6 is 15.9 Å². The summed E-state index contributed by atoms with van der Waals surface area (Å²) in [7, 11) is 1.61. The molecule has 3 aromatic rings. The Morgan fingerprint density at radius 1 is 1.05 bits per heavy atom. The highest BCUT2D eigenvalue weighted by molar-refractivity contribution is 9.10. The highest BCUT2D eigenvalue weighted by Gasteiger charge is 2.10. The Morgan fingerprint density at radius 3 is 2.71 bits per heavy atom. The van der Waals surface area contributed by atoms with Gasteiger partial charge in [0.25, 0.3) is 0 Å². The molecule has 0 bridgehead atoms. The second-order valence-corrected chi connectivity index (χ2v) is 5.20. The molecular formula is C16H11BrFNO2. The van der Waals surface area contributed by atoms with Crippen molar-refractivity contribution in [2.24, 2.45) is 0 Å². The summed E-state index contributed by atoms with van der Waals surface area (Å²) < 4.78 is 25.1. The lowest BCUT2D eigenvalue weighted by molar-refractivity contribution is 0.419. The Morgan fingerprint density at radius 2 is 1.90 bits per heavy atom. The molecular weight excluding hydrogens is 337 g/mol. The molecule has 0 fully saturated rings. The summed E-state index contributed by atoms with van der Waals surface area (Å²) in [4.78, 5) is 4.23. The minimum Gasteiger partial charge on any atom is -0.496 e. The van der Waals surface area contributed by atoms with Gasteiger partial charge in [0.05, 0.1) is 11.6 Å². The van der Waals surface area contributed by atoms with Gasteiger partial charge in [0.1, 0.15) is 17.3 Å². The molecule has 0 atom stereocenters. The van der Waals surface area contributed by atoms with Gasteiger partial charge in [-0.15, -0.1) is 0 Å². The van der Waals surface area contributed by atoms with Crippen molar-refractivity contribution in [3.63, 3.8) is 0 Å². The molecule has 1 heterocycles. The molecule has 0 aliphatic heterocycles. The van der Waals surface area contributed by atoms with E-state index in [-0.39, 0.29) is 5.82 Å². The van der Waals surface area contributed by atoms with Gasteiger partial charge in [0, 0.05) is 23.0 Å². The zero-order chi connectivity index (χ0) is 14.8. The highest BCUT2D eigenvalue weighted by atomic mass is 79.9. The number of methoxy groups -OCH3 is 1. The Kier molecular flexibility index (Phi) is 3.75. The van der Waals surface area contributed by atoms with Gasteiger partial charge in [-0.25, -0.2) is 9.37 Å². The number of aromatic nitrogens is 1. The van der Waals surface area contributed by atoms with E-state index in [0.29, 0.717) is 16.1 Å². The van der Waals surface area contributed by atoms with E-state index in [9.17, 15) is 4.39 Å². The van der Waals surface area contributed by atoms with E-state index in [1.54, 1.807) is 19.4 Å². The monoisotopic (exact) mass is 347 g/mol. The number of pyridine rings is 1. The highest BCUT2D eigenvalue weighted by Crippen LogP contribution is 2.35. The number of hydrogen-bond donors (Lipinski definition) is 0. The van der Waals surface area contributed by atoms with Crippen molar-refractivity contribution < 1.29 is 13.9 Å². The van der Waals surface area contributed by atoms with Crippen LogP contribution in [0, 0.1) is 5.82 Å². The van der Waals surface area contributed by atoms with Crippen molar-refractivity contribution in [2.75, 3.05) is 7.11 Å². The van der Waals surface area contributed by atoms with Gasteiger partial charge in [-0.3, -0.25) is 0 Å². The summed E-state index contributed by atoms with van der Waals surface area (Å²) in [6.45, 7) is 0. The summed E-state index contributed by atoms with van der Waals surface area (Å²) in [5, 5.41) is 1.69. The van der Waals surface area contributed by atoms with Crippen molar-refractivity contribution in [2.45, 2.75) is 0 Å². The van der Waals surface area contributed by atoms with E-state index in [2.05, 4.69) is 20.9 Å². The van der Waals surface area contributed by atoms with Crippen molar-refractivity contribution in [3.05, 3.63) is 59.0 Å². The molecule has 0 amide bonds. The number of halogens is 2. The van der Waals surface area contributed by atoms with Crippen LogP contribution in [0.2, 0.25) is 0 Å². The molecule has 3 rings (SSSR count). The molecule has 0 aliphatic carbocycles. The predicted molar refractivity (Wildman–Crippen MR) is 82.5 cm³/mol. The minimum atomic E-state index is -0.369. The summed E-state index contributed by atoms with van der Waals surface area (Å²) in [6, 6.07) is 11.7. The third-order valence-corrected chi connectivity index (χ3v) is 3.70. The molecule has 0 radical (unpaired) electrons. The van der Waals surface area contributed by atoms with E-state index >= 15 is 0 Å². The lowest BCUT2D eigenvalue weighted by atomic mass is 10.1. The normalized spacial score (nSPS) is 10.6. The first-order valence-electron chi connectivity index (χ1n) is 6.23. The number of rotatable bonds is 3. The van der Waals surface area contributed by atoms with Crippen molar-refractivity contribution in [1.29, 1.82) is 0 Å². The molecule has 1 aromatic heterocycles. The van der Waals surface area contributed by atoms with Gasteiger partial charge in [-0.2, -0.15) is 0 Å². The maximum atomic E-state index is 13.3. The van der Waals surface area contributed by atoms with E-state index in [1.807, 2.05) is 24.3 Å². The maximum absolute atomic E-state index is 13.3. The van der Waals surface area contributed by atoms with E-state index in [1.165, 1.54) is 12.1 Å². The van der Waals surface area contributed by atoms with Gasteiger partial charge in [0.15, 0.2) is 0 Å². The van der Waals surface area contributed by atoms with Crippen LogP contribution in [0.4, 0.5) is 4.39 Å². The number of hydrogen-bond acceptors (Lipinski definition) is 3. The van der Waals surface area contributed by atoms with Crippen molar-refractivity contribution in [1.82, 2.24) is 4.98 Å². The first kappa shape index (κ1) is 13.8. The molecule has 5 heteroatoms. The Labute approximate surface area is 129 Å². The van der Waals surface area contributed by atoms with Gasteiger partial charge in [-0.05, 0) is 46.3 Å². The van der Waals surface area contributed by atoms with E-state index in [4.69, 9.17) is 9.47 Å². The van der Waals surface area contributed by atoms with Crippen molar-refractivity contribution >= 4 is 26.7 Å². The van der Waals surface area contributed by atoms with Gasteiger partial charge >= 0.3 is 0 Å². The quantitative estimate of drug-likeness (QED) is 0.672. The van der Waals surface area contributed by atoms with E-state index in [0.717, 1.165) is 16.5 Å². The average molecular weight is 348 g/mol. The summed E-state index contributed by atoms with van der Waals surface area (Å²) in [6.07, 6.45) is 1.63. The Hall–Kier alpha value is -2.14. The standard InChI is InChI=1S/C16H11BrFNO2/c1-20-14-4-2-3-12-11(14)7-8-19-16(12)21-15-9-10(18)5-6-13(15)17/h2-9H,1H3. The van der Waals surface area contributed by atoms with Gasteiger partial charge < -0.3 is 9.47 Å². The summed E-state index contributed by atoms with van der Waals surface area (Å²) in [5.74, 6) is 1.14. The van der Waals surface area contributed by atoms with Crippen molar-refractivity contribution in [3.8, 4) is 17.4 Å². The van der Waals surface area contributed by atoms with Crippen LogP contribution in [0.3, 0.4) is 0 Å². The SMILES string of the molecule is COc1cccc2c(Oc3cc(F)ccc3Br)nccc12. The maximum Gasteiger partial charge on any atom is 0.227 e. The average Bonchev–Trinajstić information content (AvgIpc) is 2.50. The fourth-order valence-corrected chi connectivity index (χ4v) is 2.40. The molecule has 106 valence electrons. The molecule has 0 saturated carbocycles. The first-order chi connectivity index (χ1) is 10.2. The smallest absolute Gasteiger partial charge is 0.227 e. The van der Waals surface area contributed by atoms with Gasteiger partial charge in [-0.1, -0.05) is 6.07 Å². The van der Waals surface area contributed by atoms with Crippen LogP contribution in [0.25, 0.3) is 10.8 Å². The van der Waals surface area contributed by atoms with E-state index < -0.39 is 0 Å². The molecule has 0 unspecified atom stereocenters. The third kappa shape index (κ3) is 2.69. The van der Waals surface area contributed by atoms with Crippen LogP contribution < -0.4 is 9.47 Å². The fraction of sp³-hybridized carbons (Fsp3) is 0.0625. The lowest BCUT2D eigenvalue weighted by Gasteiger charge is -2.11. The molecule has 21 heavy (non-hydrogen) atoms. The molecule has 0 saturated heterocycles. The zero-order valence-corrected chi connectivity index (χ0v) is 12.7. The number of fused-ring (bicyclic) bond motifs is 1. The second-order valence-electron chi connectivity index (χ2n) is 4.35. The minimum absolute atomic E-state index is 0.369. The fourth-order valence-electron chi connectivity index (χ4n) is 2.07. The van der Waals surface area contributed by atoms with Crippen LogP contribution in [-0.4, -0.2) is 12.1 Å². The number of nitrogens with zero attached hydrogens (tertiary/aromatic N) is 1. The summed E-state index contributed by atoms with van der Waals surface area (Å²) >= 11 is 3.34. The topological polar surface area (TPSA) is 31.4 Å². The Balaban J connectivity index is 2.11. The molecule has 0 N–H and O–H groups in total. The molecule has 0 spiro atoms.